The van der Waals surface area contributed by atoms with Crippen molar-refractivity contribution in [2.24, 2.45) is 17.8 Å². The summed E-state index contributed by atoms with van der Waals surface area (Å²) in [5.41, 5.74) is 4.63. The standard InChI is InChI=1S/C28H37BN4O5/c1-16(2)33(32-26(35)36-7)25(34)23-19-9-8-18(14-19)22(23)24-30-15-21(31-24)17-10-12-20(13-11-17)29-37-27(3,4)28(5,6)38-29/h8-13,15-16,18-19,22-23H,14H2,1-7H3,(H,30,31)(H,32,35). The molecule has 4 unspecified atom stereocenters. The minimum absolute atomic E-state index is 0.101. The molecule has 2 amide bonds. The van der Waals surface area contributed by atoms with Crippen molar-refractivity contribution in [3.05, 3.63) is 48.4 Å². The number of hydrogen-bond acceptors (Lipinski definition) is 6. The van der Waals surface area contributed by atoms with Crippen LogP contribution in [0.5, 0.6) is 0 Å². The van der Waals surface area contributed by atoms with Crippen molar-refractivity contribution in [1.82, 2.24) is 20.4 Å². The Kier molecular flexibility index (Phi) is 6.68. The number of nitrogens with one attached hydrogen (secondary N) is 2. The van der Waals surface area contributed by atoms with Crippen LogP contribution in [0.25, 0.3) is 11.3 Å². The van der Waals surface area contributed by atoms with Crippen LogP contribution in [0.4, 0.5) is 4.79 Å². The van der Waals surface area contributed by atoms with Gasteiger partial charge in [0.05, 0.1) is 36.1 Å². The first-order chi connectivity index (χ1) is 17.9. The number of H-pyrrole nitrogens is 1. The molecule has 3 aliphatic rings. The van der Waals surface area contributed by atoms with Crippen LogP contribution in [-0.4, -0.2) is 58.4 Å². The second-order valence-corrected chi connectivity index (χ2v) is 11.8. The van der Waals surface area contributed by atoms with E-state index in [9.17, 15) is 9.59 Å². The molecule has 5 rings (SSSR count). The molecule has 1 aliphatic heterocycles. The van der Waals surface area contributed by atoms with E-state index in [2.05, 4.69) is 22.6 Å². The molecule has 2 heterocycles. The number of carbonyl (C=O) groups excluding carboxylic acids is 2. The van der Waals surface area contributed by atoms with Gasteiger partial charge < -0.3 is 19.0 Å². The number of rotatable bonds is 5. The summed E-state index contributed by atoms with van der Waals surface area (Å²) in [5, 5.41) is 1.39. The summed E-state index contributed by atoms with van der Waals surface area (Å²) < 4.78 is 17.1. The van der Waals surface area contributed by atoms with Gasteiger partial charge in [-0.15, -0.1) is 0 Å². The number of hydrogen-bond donors (Lipinski definition) is 2. The third kappa shape index (κ3) is 4.54. The summed E-state index contributed by atoms with van der Waals surface area (Å²) in [6.07, 6.45) is 6.37. The molecular formula is C28H37BN4O5. The Hall–Kier alpha value is -3.11. The second kappa shape index (κ2) is 9.57. The van der Waals surface area contributed by atoms with Gasteiger partial charge in [-0.1, -0.05) is 36.4 Å². The monoisotopic (exact) mass is 520 g/mol. The molecule has 10 heteroatoms. The van der Waals surface area contributed by atoms with Gasteiger partial charge in [0.15, 0.2) is 0 Å². The Morgan fingerprint density at radius 3 is 2.34 bits per heavy atom. The maximum absolute atomic E-state index is 13.7. The number of imidazole rings is 1. The van der Waals surface area contributed by atoms with Crippen molar-refractivity contribution < 1.29 is 23.6 Å². The summed E-state index contributed by atoms with van der Waals surface area (Å²) in [6, 6.07) is 7.87. The lowest BCUT2D eigenvalue weighted by atomic mass is 9.79. The maximum Gasteiger partial charge on any atom is 0.494 e. The van der Waals surface area contributed by atoms with Crippen LogP contribution >= 0.6 is 0 Å². The average Bonchev–Trinajstić information content (AvgIpc) is 3.65. The van der Waals surface area contributed by atoms with Gasteiger partial charge in [0.2, 0.25) is 5.91 Å². The fourth-order valence-electron chi connectivity index (χ4n) is 5.73. The highest BCUT2D eigenvalue weighted by molar-refractivity contribution is 6.62. The van der Waals surface area contributed by atoms with Crippen molar-refractivity contribution in [2.45, 2.75) is 71.1 Å². The normalized spacial score (nSPS) is 26.7. The molecule has 1 aromatic carbocycles. The first-order valence-corrected chi connectivity index (χ1v) is 13.3. The zero-order valence-corrected chi connectivity index (χ0v) is 23.1. The largest absolute Gasteiger partial charge is 0.494 e. The third-order valence-corrected chi connectivity index (χ3v) is 8.55. The van der Waals surface area contributed by atoms with E-state index >= 15 is 0 Å². The molecule has 1 aromatic heterocycles. The highest BCUT2D eigenvalue weighted by Crippen LogP contribution is 2.53. The van der Waals surface area contributed by atoms with Gasteiger partial charge in [0, 0.05) is 12.0 Å². The average molecular weight is 520 g/mol. The lowest BCUT2D eigenvalue weighted by Crippen LogP contribution is -2.53. The fourth-order valence-corrected chi connectivity index (χ4v) is 5.73. The molecular weight excluding hydrogens is 483 g/mol. The molecule has 2 bridgehead atoms. The van der Waals surface area contributed by atoms with Gasteiger partial charge in [-0.3, -0.25) is 4.79 Å². The van der Waals surface area contributed by atoms with Crippen LogP contribution in [0.1, 0.15) is 59.7 Å². The van der Waals surface area contributed by atoms with Crippen molar-refractivity contribution >= 4 is 24.6 Å². The first kappa shape index (κ1) is 26.5. The van der Waals surface area contributed by atoms with Crippen LogP contribution in [0, 0.1) is 17.8 Å². The molecule has 2 N–H and O–H groups in total. The molecule has 1 saturated heterocycles. The smallest absolute Gasteiger partial charge is 0.452 e. The summed E-state index contributed by atoms with van der Waals surface area (Å²) in [7, 11) is 0.870. The number of ether oxygens (including phenoxy) is 1. The Labute approximate surface area is 224 Å². The van der Waals surface area contributed by atoms with Crippen molar-refractivity contribution in [2.75, 3.05) is 7.11 Å². The molecule has 0 radical (unpaired) electrons. The highest BCUT2D eigenvalue weighted by atomic mass is 16.7. The van der Waals surface area contributed by atoms with Gasteiger partial charge in [-0.2, -0.15) is 0 Å². The first-order valence-electron chi connectivity index (χ1n) is 13.3. The topological polar surface area (TPSA) is 106 Å². The predicted molar refractivity (Wildman–Crippen MR) is 144 cm³/mol. The van der Waals surface area contributed by atoms with Crippen molar-refractivity contribution in [1.29, 1.82) is 0 Å². The van der Waals surface area contributed by atoms with E-state index in [1.807, 2.05) is 72.0 Å². The van der Waals surface area contributed by atoms with E-state index in [0.717, 1.165) is 29.0 Å². The number of allylic oxidation sites excluding steroid dienone is 2. The van der Waals surface area contributed by atoms with E-state index in [4.69, 9.17) is 19.0 Å². The highest BCUT2D eigenvalue weighted by Gasteiger charge is 2.52. The number of nitrogens with zero attached hydrogens (tertiary/aromatic N) is 2. The number of aromatic nitrogens is 2. The summed E-state index contributed by atoms with van der Waals surface area (Å²) in [6.45, 7) is 11.9. The van der Waals surface area contributed by atoms with E-state index in [1.165, 1.54) is 12.1 Å². The molecule has 0 spiro atoms. The predicted octanol–water partition coefficient (Wildman–Crippen LogP) is 3.79. The van der Waals surface area contributed by atoms with E-state index < -0.39 is 24.4 Å². The van der Waals surface area contributed by atoms with Gasteiger partial charge in [0.1, 0.15) is 5.82 Å². The summed E-state index contributed by atoms with van der Waals surface area (Å²) in [4.78, 5) is 33.8. The number of benzene rings is 1. The number of methoxy groups -OCH3 is 1. The van der Waals surface area contributed by atoms with Crippen LogP contribution in [0.2, 0.25) is 0 Å². The van der Waals surface area contributed by atoms with Gasteiger partial charge in [-0.25, -0.2) is 20.2 Å². The van der Waals surface area contributed by atoms with Crippen molar-refractivity contribution in [3.8, 4) is 11.3 Å². The third-order valence-electron chi connectivity index (χ3n) is 8.55. The minimum Gasteiger partial charge on any atom is -0.452 e. The molecule has 1 saturated carbocycles. The van der Waals surface area contributed by atoms with E-state index in [0.29, 0.717) is 0 Å². The molecule has 38 heavy (non-hydrogen) atoms. The molecule has 9 nitrogen and oxygen atoms in total. The number of carbonyl (C=O) groups is 2. The lowest BCUT2D eigenvalue weighted by molar-refractivity contribution is -0.142. The van der Waals surface area contributed by atoms with Crippen molar-refractivity contribution in [3.63, 3.8) is 0 Å². The molecule has 2 fully saturated rings. The Morgan fingerprint density at radius 1 is 1.11 bits per heavy atom. The van der Waals surface area contributed by atoms with Crippen LogP contribution < -0.4 is 10.9 Å². The quantitative estimate of drug-likeness (QED) is 0.353. The zero-order chi connectivity index (χ0) is 27.4. The zero-order valence-electron chi connectivity index (χ0n) is 23.1. The number of amides is 2. The molecule has 202 valence electrons. The number of aromatic amines is 1. The summed E-state index contributed by atoms with van der Waals surface area (Å²) >= 11 is 0. The maximum atomic E-state index is 13.7. The van der Waals surface area contributed by atoms with Crippen LogP contribution in [-0.2, 0) is 18.8 Å². The van der Waals surface area contributed by atoms with Gasteiger partial charge in [0.25, 0.3) is 0 Å². The lowest BCUT2D eigenvalue weighted by Gasteiger charge is -2.33. The molecule has 4 atom stereocenters. The molecule has 2 aliphatic carbocycles. The molecule has 2 aromatic rings. The minimum atomic E-state index is -0.661. The SMILES string of the molecule is COC(=O)NN(C(=O)C1C2C=CC(C2)C1c1ncc(-c2ccc(B3OC(C)(C)C(C)(C)O3)cc2)[nH]1)C(C)C. The number of fused-ring (bicyclic) bond motifs is 2. The number of hydrazine groups is 1. The second-order valence-electron chi connectivity index (χ2n) is 11.8. The van der Waals surface area contributed by atoms with Gasteiger partial charge in [-0.05, 0) is 70.8 Å². The van der Waals surface area contributed by atoms with E-state index in [-0.39, 0.29) is 35.6 Å². The van der Waals surface area contributed by atoms with Gasteiger partial charge >= 0.3 is 13.2 Å². The van der Waals surface area contributed by atoms with E-state index in [1.54, 1.807) is 0 Å². The Morgan fingerprint density at radius 2 is 1.74 bits per heavy atom. The Balaban J connectivity index is 1.36. The van der Waals surface area contributed by atoms with Crippen LogP contribution in [0.15, 0.2) is 42.6 Å². The Bertz CT molecular complexity index is 1220. The summed E-state index contributed by atoms with van der Waals surface area (Å²) in [5.74, 6) is 0.547. The van der Waals surface area contributed by atoms with Crippen LogP contribution in [0.3, 0.4) is 0 Å². The fraction of sp³-hybridized carbons (Fsp3) is 0.536.